The van der Waals surface area contributed by atoms with Gasteiger partial charge in [0.2, 0.25) is 5.96 Å². The van der Waals surface area contributed by atoms with E-state index in [9.17, 15) is 0 Å². The van der Waals surface area contributed by atoms with E-state index in [0.29, 0.717) is 16.7 Å². The summed E-state index contributed by atoms with van der Waals surface area (Å²) in [6, 6.07) is 0. The van der Waals surface area contributed by atoms with E-state index in [2.05, 4.69) is 4.99 Å². The third-order valence-electron chi connectivity index (χ3n) is 0.970. The minimum atomic E-state index is -0.270. The van der Waals surface area contributed by atoms with Crippen molar-refractivity contribution in [2.45, 2.75) is 0 Å². The quantitative estimate of drug-likeness (QED) is 0.250. The van der Waals surface area contributed by atoms with Crippen LogP contribution in [0.3, 0.4) is 0 Å². The van der Waals surface area contributed by atoms with Gasteiger partial charge in [-0.2, -0.15) is 0 Å². The Morgan fingerprint density at radius 3 is 1.89 bits per heavy atom. The molecule has 0 radical (unpaired) electrons. The van der Waals surface area contributed by atoms with Gasteiger partial charge in [-0.1, -0.05) is 0 Å². The maximum atomic E-state index is 6.70. The normalized spacial score (nSPS) is 9.78. The average molecular weight is 125 g/mol. The number of nitrogens with two attached hydrogens (primary N) is 3. The lowest BCUT2D eigenvalue weighted by molar-refractivity contribution is 1.34. The van der Waals surface area contributed by atoms with Gasteiger partial charge in [0.1, 0.15) is 5.36 Å². The first kappa shape index (κ1) is 5.61. The van der Waals surface area contributed by atoms with Gasteiger partial charge in [0.05, 0.1) is 11.4 Å². The molecule has 0 saturated heterocycles. The Hall–Kier alpha value is -1.52. The average Bonchev–Trinajstić information content (AvgIpc) is 2.22. The lowest BCUT2D eigenvalue weighted by atomic mass is 10.9. The summed E-state index contributed by atoms with van der Waals surface area (Å²) in [6.45, 7) is 0. The summed E-state index contributed by atoms with van der Waals surface area (Å²) in [6.07, 6.45) is 0. The first-order valence-electron chi connectivity index (χ1n) is 2.31. The largest absolute Gasteiger partial charge is 0.395 e. The van der Waals surface area contributed by atoms with Crippen molar-refractivity contribution < 1.29 is 0 Å². The molecular formula is C4H7N5. The lowest BCUT2D eigenvalue weighted by Gasteiger charge is -1.75. The molecular weight excluding hydrogens is 118 g/mol. The second-order valence-corrected chi connectivity index (χ2v) is 1.67. The predicted molar refractivity (Wildman–Crippen MR) is 35.1 cm³/mol. The van der Waals surface area contributed by atoms with Crippen LogP contribution < -0.4 is 22.6 Å². The molecule has 0 amide bonds. The highest BCUT2D eigenvalue weighted by Gasteiger charge is 2.11. The summed E-state index contributed by atoms with van der Waals surface area (Å²) in [7, 11) is 0. The number of rotatable bonds is 0. The Labute approximate surface area is 51.4 Å². The van der Waals surface area contributed by atoms with Crippen LogP contribution in [-0.2, 0) is 0 Å². The molecule has 0 aliphatic carbocycles. The van der Waals surface area contributed by atoms with Crippen molar-refractivity contribution >= 4 is 17.3 Å². The van der Waals surface area contributed by atoms with Crippen LogP contribution in [0.2, 0.25) is 0 Å². The molecule has 5 heteroatoms. The monoisotopic (exact) mass is 125 g/mol. The summed E-state index contributed by atoms with van der Waals surface area (Å²) in [5.74, 6) is -0.270. The second kappa shape index (κ2) is 1.48. The predicted octanol–water partition coefficient (Wildman–Crippen LogP) is -1.48. The molecule has 0 aromatic heterocycles. The van der Waals surface area contributed by atoms with E-state index >= 15 is 0 Å². The fourth-order valence-corrected chi connectivity index (χ4v) is 0.447. The van der Waals surface area contributed by atoms with Crippen LogP contribution in [-0.4, -0.2) is 5.96 Å². The number of guanidine groups is 1. The Morgan fingerprint density at radius 1 is 1.33 bits per heavy atom. The maximum absolute atomic E-state index is 6.70. The Morgan fingerprint density at radius 2 is 1.78 bits per heavy atom. The van der Waals surface area contributed by atoms with E-state index < -0.39 is 0 Å². The third-order valence-corrected chi connectivity index (χ3v) is 0.970. The van der Waals surface area contributed by atoms with Crippen LogP contribution in [0.25, 0.3) is 0 Å². The molecule has 0 unspecified atom stereocenters. The van der Waals surface area contributed by atoms with Crippen molar-refractivity contribution in [3.63, 3.8) is 0 Å². The summed E-state index contributed by atoms with van der Waals surface area (Å²) >= 11 is 0. The standard InChI is InChI=1S/C4H7N5/c5-1-2(6)3(1)9-4(7)8/h5-6H2,(H3,7,8). The molecule has 1 aromatic carbocycles. The van der Waals surface area contributed by atoms with Crippen LogP contribution in [0.5, 0.6) is 0 Å². The van der Waals surface area contributed by atoms with E-state index in [-0.39, 0.29) is 5.96 Å². The fraction of sp³-hybridized carbons (Fsp3) is 0. The Kier molecular flexibility index (Phi) is 0.921. The number of anilines is 2. The van der Waals surface area contributed by atoms with Gasteiger partial charge in [0.15, 0.2) is 0 Å². The van der Waals surface area contributed by atoms with Gasteiger partial charge in [0, 0.05) is 0 Å². The van der Waals surface area contributed by atoms with Gasteiger partial charge in [-0.05, 0) is 0 Å². The molecule has 0 fully saturated rings. The van der Waals surface area contributed by atoms with Crippen molar-refractivity contribution in [1.82, 2.24) is 0 Å². The summed E-state index contributed by atoms with van der Waals surface area (Å²) in [5.41, 5.74) is 16.3. The molecule has 0 bridgehead atoms. The zero-order valence-electron chi connectivity index (χ0n) is 4.68. The van der Waals surface area contributed by atoms with Crippen molar-refractivity contribution in [1.29, 1.82) is 5.41 Å². The number of nitrogens with one attached hydrogen (secondary N) is 1. The Bertz CT molecular complexity index is 247. The van der Waals surface area contributed by atoms with Gasteiger partial charge < -0.3 is 17.2 Å². The van der Waals surface area contributed by atoms with E-state index in [1.54, 1.807) is 0 Å². The van der Waals surface area contributed by atoms with E-state index in [1.165, 1.54) is 0 Å². The summed E-state index contributed by atoms with van der Waals surface area (Å²) in [4.78, 5) is 3.50. The molecule has 48 valence electrons. The SMILES string of the molecule is N=C(N)N=c1c(N)c1N. The molecule has 1 aromatic rings. The van der Waals surface area contributed by atoms with Crippen molar-refractivity contribution in [3.8, 4) is 0 Å². The van der Waals surface area contributed by atoms with Crippen LogP contribution in [0.15, 0.2) is 4.99 Å². The van der Waals surface area contributed by atoms with Crippen molar-refractivity contribution in [3.05, 3.63) is 5.36 Å². The minimum Gasteiger partial charge on any atom is -0.395 e. The van der Waals surface area contributed by atoms with Gasteiger partial charge >= 0.3 is 0 Å². The molecule has 0 aliphatic heterocycles. The topological polar surface area (TPSA) is 114 Å². The van der Waals surface area contributed by atoms with Crippen molar-refractivity contribution in [2.24, 2.45) is 10.7 Å². The summed E-state index contributed by atoms with van der Waals surface area (Å²) in [5, 5.41) is 7.16. The van der Waals surface area contributed by atoms with Gasteiger partial charge in [-0.3, -0.25) is 5.41 Å². The minimum absolute atomic E-state index is 0.270. The van der Waals surface area contributed by atoms with Gasteiger partial charge in [0.25, 0.3) is 0 Å². The van der Waals surface area contributed by atoms with Gasteiger partial charge in [-0.25, -0.2) is 4.99 Å². The maximum Gasteiger partial charge on any atom is 0.213 e. The van der Waals surface area contributed by atoms with E-state index in [0.717, 1.165) is 0 Å². The molecule has 0 saturated carbocycles. The van der Waals surface area contributed by atoms with Crippen molar-refractivity contribution in [2.75, 3.05) is 11.5 Å². The highest BCUT2D eigenvalue weighted by molar-refractivity contribution is 5.83. The number of hydrogen-bond donors (Lipinski definition) is 4. The smallest absolute Gasteiger partial charge is 0.213 e. The zero-order chi connectivity index (χ0) is 7.02. The highest BCUT2D eigenvalue weighted by Crippen LogP contribution is 2.12. The third kappa shape index (κ3) is 0.835. The summed E-state index contributed by atoms with van der Waals surface area (Å²) < 4.78 is 0. The van der Waals surface area contributed by atoms with Crippen LogP contribution in [0.1, 0.15) is 0 Å². The molecule has 1 rings (SSSR count). The first-order chi connectivity index (χ1) is 4.13. The highest BCUT2D eigenvalue weighted by atomic mass is 15.0. The van der Waals surface area contributed by atoms with E-state index in [4.69, 9.17) is 22.6 Å². The number of hydrogen-bond acceptors (Lipinski definition) is 3. The first-order valence-corrected chi connectivity index (χ1v) is 2.31. The molecule has 0 atom stereocenters. The van der Waals surface area contributed by atoms with Gasteiger partial charge in [-0.15, -0.1) is 0 Å². The lowest BCUT2D eigenvalue weighted by Crippen LogP contribution is -2.08. The zero-order valence-corrected chi connectivity index (χ0v) is 4.68. The second-order valence-electron chi connectivity index (χ2n) is 1.67. The molecule has 0 aliphatic rings. The molecule has 0 heterocycles. The molecule has 0 spiro atoms. The number of nitrogens with zero attached hydrogens (tertiary/aromatic N) is 1. The van der Waals surface area contributed by atoms with Crippen LogP contribution >= 0.6 is 0 Å². The van der Waals surface area contributed by atoms with Crippen LogP contribution in [0, 0.1) is 5.41 Å². The molecule has 5 nitrogen and oxygen atoms in total. The van der Waals surface area contributed by atoms with Crippen LogP contribution in [0.4, 0.5) is 11.4 Å². The fourth-order valence-electron chi connectivity index (χ4n) is 0.447. The van der Waals surface area contributed by atoms with E-state index in [1.807, 2.05) is 0 Å². The number of nitrogen functional groups attached to an aromatic ring is 2. The molecule has 7 N–H and O–H groups in total. The Balaban J connectivity index is 2.90. The molecule has 9 heavy (non-hydrogen) atoms.